The maximum atomic E-state index is 11.3. The molecule has 4 nitrogen and oxygen atoms in total. The average Bonchev–Trinajstić information content (AvgIpc) is 2.15. The summed E-state index contributed by atoms with van der Waals surface area (Å²) in [6.07, 6.45) is 0. The summed E-state index contributed by atoms with van der Waals surface area (Å²) in [6, 6.07) is 8.64. The van der Waals surface area contributed by atoms with E-state index in [-0.39, 0.29) is 0 Å². The Morgan fingerprint density at radius 1 is 1.29 bits per heavy atom. The van der Waals surface area contributed by atoms with Crippen LogP contribution in [0.5, 0.6) is 0 Å². The maximum Gasteiger partial charge on any atom is 0.272 e. The number of nitrogens with two attached hydrogens (primary N) is 1. The molecule has 0 spiro atoms. The lowest BCUT2D eigenvalue weighted by Crippen LogP contribution is -2.27. The van der Waals surface area contributed by atoms with E-state index in [0.717, 1.165) is 0 Å². The fraction of sp³-hybridized carbons (Fsp3) is 0.222. The van der Waals surface area contributed by atoms with E-state index in [1.54, 1.807) is 30.3 Å². The molecular weight excluding hydrogens is 202 g/mol. The standard InChI is InChI=1S/C9H11NO3S/c1-7(9(11)14(10,12)13)8-5-3-2-4-6-8/h2-7H,1H3,(H2,10,12,13)/t7-/m1/s1. The van der Waals surface area contributed by atoms with E-state index in [0.29, 0.717) is 5.56 Å². The summed E-state index contributed by atoms with van der Waals surface area (Å²) in [5.74, 6) is -0.716. The molecular formula is C9H11NO3S. The topological polar surface area (TPSA) is 77.2 Å². The van der Waals surface area contributed by atoms with Crippen molar-refractivity contribution in [3.05, 3.63) is 35.9 Å². The summed E-state index contributed by atoms with van der Waals surface area (Å²) in [5.41, 5.74) is 0.645. The van der Waals surface area contributed by atoms with Gasteiger partial charge in [-0.3, -0.25) is 4.79 Å². The highest BCUT2D eigenvalue weighted by Gasteiger charge is 2.24. The first-order valence-electron chi connectivity index (χ1n) is 4.04. The molecule has 0 aliphatic carbocycles. The number of hydrogen-bond acceptors (Lipinski definition) is 3. The molecule has 0 saturated carbocycles. The third-order valence-corrected chi connectivity index (χ3v) is 2.85. The van der Waals surface area contributed by atoms with E-state index >= 15 is 0 Å². The molecule has 0 radical (unpaired) electrons. The summed E-state index contributed by atoms with van der Waals surface area (Å²) < 4.78 is 21.5. The number of carbonyl (C=O) groups is 1. The zero-order valence-corrected chi connectivity index (χ0v) is 8.49. The predicted octanol–water partition coefficient (Wildman–Crippen LogP) is 0.605. The molecule has 0 amide bonds. The Morgan fingerprint density at radius 3 is 2.21 bits per heavy atom. The van der Waals surface area contributed by atoms with Gasteiger partial charge in [0.05, 0.1) is 5.92 Å². The number of rotatable bonds is 2. The van der Waals surface area contributed by atoms with Gasteiger partial charge in [-0.15, -0.1) is 0 Å². The molecule has 76 valence electrons. The highest BCUT2D eigenvalue weighted by atomic mass is 32.2. The Hall–Kier alpha value is -1.20. The van der Waals surface area contributed by atoms with Gasteiger partial charge in [0.15, 0.2) is 0 Å². The molecule has 1 aromatic rings. The normalized spacial score (nSPS) is 13.6. The molecule has 1 aromatic carbocycles. The van der Waals surface area contributed by atoms with Gasteiger partial charge in [-0.05, 0) is 5.56 Å². The summed E-state index contributed by atoms with van der Waals surface area (Å²) in [6.45, 7) is 1.52. The van der Waals surface area contributed by atoms with E-state index in [1.165, 1.54) is 6.92 Å². The second-order valence-electron chi connectivity index (χ2n) is 3.00. The van der Waals surface area contributed by atoms with Gasteiger partial charge in [0, 0.05) is 0 Å². The molecule has 0 bridgehead atoms. The van der Waals surface area contributed by atoms with Crippen LogP contribution in [0.1, 0.15) is 18.4 Å². The lowest BCUT2D eigenvalue weighted by molar-refractivity contribution is -0.112. The molecule has 0 aliphatic heterocycles. The Bertz CT molecular complexity index is 425. The van der Waals surface area contributed by atoms with Crippen LogP contribution in [0.4, 0.5) is 0 Å². The van der Waals surface area contributed by atoms with Crippen molar-refractivity contribution in [1.29, 1.82) is 0 Å². The molecule has 1 atom stereocenters. The molecule has 14 heavy (non-hydrogen) atoms. The van der Waals surface area contributed by atoms with Crippen molar-refractivity contribution < 1.29 is 13.2 Å². The summed E-state index contributed by atoms with van der Waals surface area (Å²) in [5, 5.41) is 3.79. The monoisotopic (exact) mass is 213 g/mol. The first kappa shape index (κ1) is 10.9. The number of primary sulfonamides is 1. The van der Waals surface area contributed by atoms with Gasteiger partial charge in [0.1, 0.15) is 0 Å². The molecule has 0 fully saturated rings. The van der Waals surface area contributed by atoms with E-state index in [4.69, 9.17) is 5.14 Å². The van der Waals surface area contributed by atoms with Gasteiger partial charge in [-0.1, -0.05) is 37.3 Å². The van der Waals surface area contributed by atoms with Gasteiger partial charge >= 0.3 is 0 Å². The molecule has 0 heterocycles. The van der Waals surface area contributed by atoms with Crippen molar-refractivity contribution in [1.82, 2.24) is 0 Å². The Balaban J connectivity index is 2.99. The van der Waals surface area contributed by atoms with Crippen LogP contribution in [0.3, 0.4) is 0 Å². The third-order valence-electron chi connectivity index (χ3n) is 1.93. The van der Waals surface area contributed by atoms with Crippen LogP contribution in [-0.2, 0) is 14.8 Å². The zero-order chi connectivity index (χ0) is 10.8. The van der Waals surface area contributed by atoms with Crippen molar-refractivity contribution in [3.63, 3.8) is 0 Å². The van der Waals surface area contributed by atoms with E-state index < -0.39 is 21.1 Å². The highest BCUT2D eigenvalue weighted by molar-refractivity contribution is 8.04. The SMILES string of the molecule is C[C@@H](C(=O)S(N)(=O)=O)c1ccccc1. The van der Waals surface area contributed by atoms with Crippen LogP contribution in [0, 0.1) is 0 Å². The number of benzene rings is 1. The van der Waals surface area contributed by atoms with E-state index in [2.05, 4.69) is 0 Å². The molecule has 0 saturated heterocycles. The first-order valence-corrected chi connectivity index (χ1v) is 5.59. The molecule has 1 rings (SSSR count). The lowest BCUT2D eigenvalue weighted by atomic mass is 10.0. The van der Waals surface area contributed by atoms with Crippen LogP contribution in [0.15, 0.2) is 30.3 Å². The molecule has 5 heteroatoms. The van der Waals surface area contributed by atoms with Gasteiger partial charge in [0.2, 0.25) is 0 Å². The van der Waals surface area contributed by atoms with Crippen LogP contribution in [-0.4, -0.2) is 13.5 Å². The van der Waals surface area contributed by atoms with Crippen LogP contribution in [0.25, 0.3) is 0 Å². The molecule has 2 N–H and O–H groups in total. The second-order valence-corrected chi connectivity index (χ2v) is 4.49. The number of sulfonamides is 1. The quantitative estimate of drug-likeness (QED) is 0.781. The number of hydrogen-bond donors (Lipinski definition) is 1. The molecule has 0 aliphatic rings. The second kappa shape index (κ2) is 3.89. The van der Waals surface area contributed by atoms with Crippen LogP contribution < -0.4 is 5.14 Å². The highest BCUT2D eigenvalue weighted by Crippen LogP contribution is 2.16. The van der Waals surface area contributed by atoms with Gasteiger partial charge in [0.25, 0.3) is 15.1 Å². The van der Waals surface area contributed by atoms with Crippen molar-refractivity contribution in [2.45, 2.75) is 12.8 Å². The van der Waals surface area contributed by atoms with Crippen molar-refractivity contribution in [3.8, 4) is 0 Å². The Labute approximate surface area is 82.8 Å². The first-order chi connectivity index (χ1) is 6.43. The minimum Gasteiger partial charge on any atom is -0.279 e. The van der Waals surface area contributed by atoms with Crippen LogP contribution in [0.2, 0.25) is 0 Å². The third kappa shape index (κ3) is 2.40. The van der Waals surface area contributed by atoms with E-state index in [1.807, 2.05) is 0 Å². The minimum absolute atomic E-state index is 0.645. The maximum absolute atomic E-state index is 11.3. The van der Waals surface area contributed by atoms with Crippen LogP contribution >= 0.6 is 0 Å². The van der Waals surface area contributed by atoms with Crippen molar-refractivity contribution in [2.75, 3.05) is 0 Å². The van der Waals surface area contributed by atoms with Gasteiger partial charge in [-0.25, -0.2) is 13.6 Å². The van der Waals surface area contributed by atoms with Crippen molar-refractivity contribution >= 4 is 15.1 Å². The fourth-order valence-electron chi connectivity index (χ4n) is 1.12. The fourth-order valence-corrected chi connectivity index (χ4v) is 1.75. The lowest BCUT2D eigenvalue weighted by Gasteiger charge is -2.07. The van der Waals surface area contributed by atoms with Crippen molar-refractivity contribution in [2.24, 2.45) is 5.14 Å². The van der Waals surface area contributed by atoms with Gasteiger partial charge in [-0.2, -0.15) is 0 Å². The Morgan fingerprint density at radius 2 is 1.79 bits per heavy atom. The molecule has 0 unspecified atom stereocenters. The largest absolute Gasteiger partial charge is 0.279 e. The Kier molecular flexibility index (Phi) is 3.03. The average molecular weight is 213 g/mol. The summed E-state index contributed by atoms with van der Waals surface area (Å²) >= 11 is 0. The summed E-state index contributed by atoms with van der Waals surface area (Å²) in [4.78, 5) is 11.3. The zero-order valence-electron chi connectivity index (χ0n) is 7.67. The smallest absolute Gasteiger partial charge is 0.272 e. The van der Waals surface area contributed by atoms with E-state index in [9.17, 15) is 13.2 Å². The summed E-state index contributed by atoms with van der Waals surface area (Å²) in [7, 11) is -4.09. The predicted molar refractivity (Wildman–Crippen MR) is 53.0 cm³/mol. The number of carbonyl (C=O) groups excluding carboxylic acids is 1. The minimum atomic E-state index is -4.09. The molecule has 0 aromatic heterocycles. The van der Waals surface area contributed by atoms with Gasteiger partial charge < -0.3 is 0 Å².